The summed E-state index contributed by atoms with van der Waals surface area (Å²) in [5, 5.41) is 4.30. The van der Waals surface area contributed by atoms with E-state index < -0.39 is 0 Å². The molecule has 1 aliphatic rings. The highest BCUT2D eigenvalue weighted by atomic mass is 32.1. The second-order valence-corrected chi connectivity index (χ2v) is 7.07. The van der Waals surface area contributed by atoms with Crippen LogP contribution in [0.1, 0.15) is 17.3 Å². The molecule has 1 aromatic carbocycles. The number of carbonyl (C=O) groups is 1. The summed E-state index contributed by atoms with van der Waals surface area (Å²) in [4.78, 5) is 23.0. The minimum atomic E-state index is -0.363. The summed E-state index contributed by atoms with van der Waals surface area (Å²) in [5.74, 6) is 0.304. The van der Waals surface area contributed by atoms with Crippen molar-refractivity contribution in [3.8, 4) is 0 Å². The molecule has 0 radical (unpaired) electrons. The molecule has 1 saturated heterocycles. The van der Waals surface area contributed by atoms with E-state index in [4.69, 9.17) is 14.5 Å². The van der Waals surface area contributed by atoms with Crippen molar-refractivity contribution >= 4 is 44.2 Å². The monoisotopic (exact) mass is 384 g/mol. The number of anilines is 3. The van der Waals surface area contributed by atoms with Gasteiger partial charge in [0, 0.05) is 25.0 Å². The van der Waals surface area contributed by atoms with Crippen LogP contribution in [-0.2, 0) is 9.47 Å². The molecule has 140 valence electrons. The van der Waals surface area contributed by atoms with Gasteiger partial charge in [-0.05, 0) is 37.3 Å². The van der Waals surface area contributed by atoms with E-state index in [9.17, 15) is 4.79 Å². The topological polar surface area (TPSA) is 76.6 Å². The van der Waals surface area contributed by atoms with Crippen molar-refractivity contribution in [1.29, 1.82) is 0 Å². The lowest BCUT2D eigenvalue weighted by Gasteiger charge is -2.25. The predicted octanol–water partition coefficient (Wildman–Crippen LogP) is 3.45. The van der Waals surface area contributed by atoms with Crippen LogP contribution in [0.15, 0.2) is 36.5 Å². The van der Waals surface area contributed by atoms with Crippen LogP contribution in [0.4, 0.5) is 16.6 Å². The summed E-state index contributed by atoms with van der Waals surface area (Å²) >= 11 is 1.68. The van der Waals surface area contributed by atoms with Crippen LogP contribution in [-0.4, -0.2) is 48.8 Å². The molecule has 0 unspecified atom stereocenters. The molecule has 1 fully saturated rings. The van der Waals surface area contributed by atoms with E-state index >= 15 is 0 Å². The minimum absolute atomic E-state index is 0.347. The largest absolute Gasteiger partial charge is 0.462 e. The highest BCUT2D eigenvalue weighted by molar-refractivity contribution is 7.22. The maximum absolute atomic E-state index is 11.7. The van der Waals surface area contributed by atoms with Crippen LogP contribution in [0.2, 0.25) is 0 Å². The van der Waals surface area contributed by atoms with Gasteiger partial charge < -0.3 is 19.7 Å². The molecule has 27 heavy (non-hydrogen) atoms. The number of morpholine rings is 1. The van der Waals surface area contributed by atoms with Crippen molar-refractivity contribution in [1.82, 2.24) is 9.97 Å². The van der Waals surface area contributed by atoms with Gasteiger partial charge in [0.15, 0.2) is 5.13 Å². The van der Waals surface area contributed by atoms with E-state index in [0.717, 1.165) is 47.3 Å². The lowest BCUT2D eigenvalue weighted by Crippen LogP contribution is -2.36. The number of esters is 1. The number of nitrogens with one attached hydrogen (secondary N) is 1. The Kier molecular flexibility index (Phi) is 5.17. The van der Waals surface area contributed by atoms with Crippen LogP contribution in [0.5, 0.6) is 0 Å². The number of thiazole rings is 1. The number of carbonyl (C=O) groups excluding carboxylic acids is 1. The number of benzene rings is 1. The van der Waals surface area contributed by atoms with E-state index in [1.54, 1.807) is 30.4 Å². The third-order valence-electron chi connectivity index (χ3n) is 4.21. The van der Waals surface area contributed by atoms with Gasteiger partial charge in [0.2, 0.25) is 0 Å². The maximum Gasteiger partial charge on any atom is 0.339 e. The maximum atomic E-state index is 11.7. The average Bonchev–Trinajstić information content (AvgIpc) is 3.13. The zero-order valence-electron chi connectivity index (χ0n) is 15.0. The summed E-state index contributed by atoms with van der Waals surface area (Å²) in [6.07, 6.45) is 1.52. The third kappa shape index (κ3) is 4.01. The molecule has 3 aromatic rings. The lowest BCUT2D eigenvalue weighted by atomic mass is 10.2. The van der Waals surface area contributed by atoms with Gasteiger partial charge in [-0.3, -0.25) is 0 Å². The molecule has 0 spiro atoms. The molecule has 7 nitrogen and oxygen atoms in total. The van der Waals surface area contributed by atoms with E-state index in [1.807, 2.05) is 12.1 Å². The SMILES string of the molecule is CCOC(=O)c1ccc(Nc2ccc3nc(N4CCOCC4)sc3c2)nc1. The van der Waals surface area contributed by atoms with Crippen LogP contribution < -0.4 is 10.2 Å². The van der Waals surface area contributed by atoms with Gasteiger partial charge in [0.25, 0.3) is 0 Å². The Labute approximate surface area is 160 Å². The molecule has 1 aliphatic heterocycles. The number of aromatic nitrogens is 2. The van der Waals surface area contributed by atoms with Crippen LogP contribution in [0, 0.1) is 0 Å². The Morgan fingerprint density at radius 1 is 1.30 bits per heavy atom. The Hall–Kier alpha value is -2.71. The molecule has 3 heterocycles. The Morgan fingerprint density at radius 3 is 2.89 bits per heavy atom. The second-order valence-electron chi connectivity index (χ2n) is 6.06. The van der Waals surface area contributed by atoms with Gasteiger partial charge in [0.05, 0.1) is 35.6 Å². The zero-order valence-corrected chi connectivity index (χ0v) is 15.8. The van der Waals surface area contributed by atoms with Gasteiger partial charge in [0.1, 0.15) is 5.82 Å². The Balaban J connectivity index is 1.49. The van der Waals surface area contributed by atoms with Crippen LogP contribution >= 0.6 is 11.3 Å². The normalized spacial score (nSPS) is 14.3. The van der Waals surface area contributed by atoms with Gasteiger partial charge in [-0.15, -0.1) is 0 Å². The summed E-state index contributed by atoms with van der Waals surface area (Å²) in [7, 11) is 0. The highest BCUT2D eigenvalue weighted by Crippen LogP contribution is 2.31. The van der Waals surface area contributed by atoms with Crippen molar-refractivity contribution in [3.05, 3.63) is 42.1 Å². The molecule has 0 saturated carbocycles. The molecule has 0 aliphatic carbocycles. The summed E-state index contributed by atoms with van der Waals surface area (Å²) in [6, 6.07) is 9.52. The molecule has 2 aromatic heterocycles. The fourth-order valence-electron chi connectivity index (χ4n) is 2.83. The minimum Gasteiger partial charge on any atom is -0.462 e. The first kappa shape index (κ1) is 17.7. The number of pyridine rings is 1. The summed E-state index contributed by atoms with van der Waals surface area (Å²) in [5.41, 5.74) is 2.35. The Morgan fingerprint density at radius 2 is 2.15 bits per heavy atom. The van der Waals surface area contributed by atoms with Crippen LogP contribution in [0.25, 0.3) is 10.2 Å². The van der Waals surface area contributed by atoms with Gasteiger partial charge in [-0.25, -0.2) is 14.8 Å². The van der Waals surface area contributed by atoms with Crippen molar-refractivity contribution in [2.24, 2.45) is 0 Å². The van der Waals surface area contributed by atoms with Crippen molar-refractivity contribution in [3.63, 3.8) is 0 Å². The number of hydrogen-bond donors (Lipinski definition) is 1. The van der Waals surface area contributed by atoms with Crippen LogP contribution in [0.3, 0.4) is 0 Å². The number of ether oxygens (including phenoxy) is 2. The van der Waals surface area contributed by atoms with Crippen molar-refractivity contribution < 1.29 is 14.3 Å². The first-order chi connectivity index (χ1) is 13.2. The predicted molar refractivity (Wildman–Crippen MR) is 106 cm³/mol. The number of nitrogens with zero attached hydrogens (tertiary/aromatic N) is 3. The van der Waals surface area contributed by atoms with E-state index in [0.29, 0.717) is 18.0 Å². The first-order valence-electron chi connectivity index (χ1n) is 8.86. The number of hydrogen-bond acceptors (Lipinski definition) is 8. The van der Waals surface area contributed by atoms with E-state index in [2.05, 4.69) is 21.3 Å². The fourth-order valence-corrected chi connectivity index (χ4v) is 3.89. The van der Waals surface area contributed by atoms with Gasteiger partial charge in [-0.1, -0.05) is 11.3 Å². The van der Waals surface area contributed by atoms with Crippen molar-refractivity contribution in [2.45, 2.75) is 6.92 Å². The molecular weight excluding hydrogens is 364 g/mol. The number of fused-ring (bicyclic) bond motifs is 1. The van der Waals surface area contributed by atoms with E-state index in [1.165, 1.54) is 6.20 Å². The summed E-state index contributed by atoms with van der Waals surface area (Å²) < 4.78 is 11.5. The standard InChI is InChI=1S/C19H20N4O3S/c1-2-26-18(24)13-3-6-17(20-12-13)21-14-4-5-15-16(11-14)27-19(22-15)23-7-9-25-10-8-23/h3-6,11-12H,2,7-10H2,1H3,(H,20,21). The lowest BCUT2D eigenvalue weighted by molar-refractivity contribution is 0.0526. The zero-order chi connectivity index (χ0) is 18.6. The van der Waals surface area contributed by atoms with Gasteiger partial charge >= 0.3 is 5.97 Å². The Bertz CT molecular complexity index is 936. The quantitative estimate of drug-likeness (QED) is 0.675. The molecule has 4 rings (SSSR count). The molecule has 0 amide bonds. The molecule has 1 N–H and O–H groups in total. The van der Waals surface area contributed by atoms with E-state index in [-0.39, 0.29) is 5.97 Å². The smallest absolute Gasteiger partial charge is 0.339 e. The molecular formula is C19H20N4O3S. The van der Waals surface area contributed by atoms with Gasteiger partial charge in [-0.2, -0.15) is 0 Å². The molecule has 8 heteroatoms. The summed E-state index contributed by atoms with van der Waals surface area (Å²) in [6.45, 7) is 5.37. The first-order valence-corrected chi connectivity index (χ1v) is 9.68. The second kappa shape index (κ2) is 7.89. The fraction of sp³-hybridized carbons (Fsp3) is 0.316. The van der Waals surface area contributed by atoms with Crippen molar-refractivity contribution in [2.75, 3.05) is 43.1 Å². The highest BCUT2D eigenvalue weighted by Gasteiger charge is 2.15. The average molecular weight is 384 g/mol. The number of rotatable bonds is 5. The third-order valence-corrected chi connectivity index (χ3v) is 5.28. The molecule has 0 bridgehead atoms. The molecule has 0 atom stereocenters.